The van der Waals surface area contributed by atoms with Crippen LogP contribution in [0.1, 0.15) is 21.5 Å². The Kier molecular flexibility index (Phi) is 4.42. The molecule has 0 atom stereocenters. The second kappa shape index (κ2) is 6.07. The Morgan fingerprint density at radius 1 is 1.15 bits per heavy atom. The Hall–Kier alpha value is -1.85. The van der Waals surface area contributed by atoms with Crippen molar-refractivity contribution < 1.29 is 4.79 Å². The fraction of sp³-hybridized carbons (Fsp3) is 0.133. The third-order valence-corrected chi connectivity index (χ3v) is 3.88. The minimum absolute atomic E-state index is 0.195. The number of benzene rings is 2. The van der Waals surface area contributed by atoms with Gasteiger partial charge in [-0.3, -0.25) is 10.6 Å². The summed E-state index contributed by atoms with van der Waals surface area (Å²) in [5.74, 6) is 5.26. The van der Waals surface area contributed by atoms with E-state index in [1.54, 1.807) is 6.07 Å². The molecule has 2 aromatic carbocycles. The predicted molar refractivity (Wildman–Crippen MR) is 85.8 cm³/mol. The summed E-state index contributed by atoms with van der Waals surface area (Å²) < 4.78 is 1.01. The van der Waals surface area contributed by atoms with Gasteiger partial charge >= 0.3 is 0 Å². The number of rotatable bonds is 3. The Morgan fingerprint density at radius 3 is 2.55 bits per heavy atom. The summed E-state index contributed by atoms with van der Waals surface area (Å²) in [5.41, 5.74) is 6.52. The molecular formula is C15H16BrN3O. The Labute approximate surface area is 126 Å². The molecule has 2 aromatic rings. The first-order valence-electron chi connectivity index (χ1n) is 6.16. The lowest BCUT2D eigenvalue weighted by atomic mass is 10.1. The normalized spacial score (nSPS) is 10.2. The Morgan fingerprint density at radius 2 is 1.90 bits per heavy atom. The van der Waals surface area contributed by atoms with Crippen LogP contribution in [0.4, 0.5) is 11.4 Å². The Bertz CT molecular complexity index is 656. The van der Waals surface area contributed by atoms with Gasteiger partial charge in [-0.25, -0.2) is 0 Å². The molecule has 0 saturated carbocycles. The first-order valence-corrected chi connectivity index (χ1v) is 6.95. The van der Waals surface area contributed by atoms with Crippen molar-refractivity contribution in [3.05, 3.63) is 57.6 Å². The van der Waals surface area contributed by atoms with E-state index >= 15 is 0 Å². The first-order chi connectivity index (χ1) is 9.51. The number of nitrogens with one attached hydrogen (secondary N) is 2. The average Bonchev–Trinajstić information content (AvgIpc) is 2.42. The molecule has 0 aliphatic heterocycles. The molecule has 2 rings (SSSR count). The van der Waals surface area contributed by atoms with E-state index in [1.807, 2.05) is 44.2 Å². The number of anilines is 2. The van der Waals surface area contributed by atoms with Gasteiger partial charge in [-0.05, 0) is 55.3 Å². The lowest BCUT2D eigenvalue weighted by Gasteiger charge is -2.11. The number of aryl methyl sites for hydroxylation is 2. The molecule has 0 radical (unpaired) electrons. The highest BCUT2D eigenvalue weighted by atomic mass is 79.9. The molecule has 0 fully saturated rings. The maximum absolute atomic E-state index is 12.3. The monoisotopic (exact) mass is 333 g/mol. The molecule has 1 amide bonds. The van der Waals surface area contributed by atoms with E-state index < -0.39 is 0 Å². The second-order valence-electron chi connectivity index (χ2n) is 4.61. The molecule has 20 heavy (non-hydrogen) atoms. The van der Waals surface area contributed by atoms with Crippen LogP contribution in [0.3, 0.4) is 0 Å². The van der Waals surface area contributed by atoms with Crippen molar-refractivity contribution in [3.63, 3.8) is 0 Å². The highest BCUT2D eigenvalue weighted by Crippen LogP contribution is 2.22. The van der Waals surface area contributed by atoms with E-state index in [1.165, 1.54) is 0 Å². The fourth-order valence-corrected chi connectivity index (χ4v) is 2.14. The van der Waals surface area contributed by atoms with Gasteiger partial charge in [0.1, 0.15) is 0 Å². The maximum atomic E-state index is 12.3. The quantitative estimate of drug-likeness (QED) is 0.593. The standard InChI is InChI=1S/C15H16BrN3O/c1-9-3-5-12(14(7-9)19-17)15(20)18-11-4-6-13(16)10(2)8-11/h3-8,19H,17H2,1-2H3,(H,18,20). The van der Waals surface area contributed by atoms with Gasteiger partial charge in [0.2, 0.25) is 0 Å². The van der Waals surface area contributed by atoms with Crippen molar-refractivity contribution in [2.24, 2.45) is 5.84 Å². The molecule has 0 unspecified atom stereocenters. The van der Waals surface area contributed by atoms with Gasteiger partial charge in [0.05, 0.1) is 11.3 Å². The number of hydrogen-bond donors (Lipinski definition) is 3. The van der Waals surface area contributed by atoms with E-state index in [0.717, 1.165) is 21.3 Å². The summed E-state index contributed by atoms with van der Waals surface area (Å²) in [5, 5.41) is 2.87. The number of carbonyl (C=O) groups is 1. The minimum atomic E-state index is -0.195. The average molecular weight is 334 g/mol. The number of hydrazine groups is 1. The summed E-state index contributed by atoms with van der Waals surface area (Å²) in [7, 11) is 0. The number of halogens is 1. The molecule has 0 aromatic heterocycles. The molecule has 0 bridgehead atoms. The smallest absolute Gasteiger partial charge is 0.257 e. The number of amides is 1. The highest BCUT2D eigenvalue weighted by molar-refractivity contribution is 9.10. The summed E-state index contributed by atoms with van der Waals surface area (Å²) in [4.78, 5) is 12.3. The molecule has 0 aliphatic carbocycles. The molecule has 4 nitrogen and oxygen atoms in total. The van der Waals surface area contributed by atoms with Crippen molar-refractivity contribution >= 4 is 33.2 Å². The van der Waals surface area contributed by atoms with Crippen LogP contribution in [0.2, 0.25) is 0 Å². The summed E-state index contributed by atoms with van der Waals surface area (Å²) in [6.45, 7) is 3.92. The van der Waals surface area contributed by atoms with Crippen LogP contribution in [-0.4, -0.2) is 5.91 Å². The molecule has 5 heteroatoms. The number of carbonyl (C=O) groups excluding carboxylic acids is 1. The lowest BCUT2D eigenvalue weighted by molar-refractivity contribution is 0.102. The van der Waals surface area contributed by atoms with Crippen molar-refractivity contribution in [2.45, 2.75) is 13.8 Å². The van der Waals surface area contributed by atoms with Gasteiger partial charge in [-0.2, -0.15) is 0 Å². The van der Waals surface area contributed by atoms with E-state index in [9.17, 15) is 4.79 Å². The molecule has 0 heterocycles. The molecule has 0 saturated heterocycles. The third kappa shape index (κ3) is 3.18. The van der Waals surface area contributed by atoms with Gasteiger partial charge in [0, 0.05) is 10.2 Å². The number of hydrogen-bond acceptors (Lipinski definition) is 3. The summed E-state index contributed by atoms with van der Waals surface area (Å²) >= 11 is 3.43. The van der Waals surface area contributed by atoms with Crippen LogP contribution in [0.25, 0.3) is 0 Å². The minimum Gasteiger partial charge on any atom is -0.323 e. The Balaban J connectivity index is 2.25. The van der Waals surface area contributed by atoms with Crippen molar-refractivity contribution in [3.8, 4) is 0 Å². The maximum Gasteiger partial charge on any atom is 0.257 e. The zero-order chi connectivity index (χ0) is 14.7. The van der Waals surface area contributed by atoms with E-state index in [4.69, 9.17) is 5.84 Å². The molecule has 104 valence electrons. The van der Waals surface area contributed by atoms with Crippen LogP contribution in [0.5, 0.6) is 0 Å². The van der Waals surface area contributed by atoms with Crippen molar-refractivity contribution in [1.29, 1.82) is 0 Å². The van der Waals surface area contributed by atoms with Gasteiger partial charge in [-0.1, -0.05) is 22.0 Å². The van der Waals surface area contributed by atoms with Crippen LogP contribution in [0.15, 0.2) is 40.9 Å². The van der Waals surface area contributed by atoms with Crippen LogP contribution >= 0.6 is 15.9 Å². The van der Waals surface area contributed by atoms with E-state index in [-0.39, 0.29) is 5.91 Å². The SMILES string of the molecule is Cc1ccc(C(=O)Nc2ccc(Br)c(C)c2)c(NN)c1. The summed E-state index contributed by atoms with van der Waals surface area (Å²) in [6.07, 6.45) is 0. The molecule has 0 aliphatic rings. The molecule has 0 spiro atoms. The highest BCUT2D eigenvalue weighted by Gasteiger charge is 2.11. The first kappa shape index (κ1) is 14.6. The lowest BCUT2D eigenvalue weighted by Crippen LogP contribution is -2.17. The topological polar surface area (TPSA) is 67.2 Å². The molecular weight excluding hydrogens is 318 g/mol. The van der Waals surface area contributed by atoms with Gasteiger partial charge in [0.15, 0.2) is 0 Å². The van der Waals surface area contributed by atoms with E-state index in [0.29, 0.717) is 11.3 Å². The van der Waals surface area contributed by atoms with Crippen molar-refractivity contribution in [2.75, 3.05) is 10.7 Å². The van der Waals surface area contributed by atoms with Crippen molar-refractivity contribution in [1.82, 2.24) is 0 Å². The largest absolute Gasteiger partial charge is 0.323 e. The van der Waals surface area contributed by atoms with Crippen LogP contribution in [-0.2, 0) is 0 Å². The summed E-state index contributed by atoms with van der Waals surface area (Å²) in [6, 6.07) is 11.1. The van der Waals surface area contributed by atoms with Gasteiger partial charge < -0.3 is 10.7 Å². The second-order valence-corrected chi connectivity index (χ2v) is 5.47. The van der Waals surface area contributed by atoms with Gasteiger partial charge in [-0.15, -0.1) is 0 Å². The van der Waals surface area contributed by atoms with Crippen LogP contribution in [0, 0.1) is 13.8 Å². The zero-order valence-electron chi connectivity index (χ0n) is 11.3. The van der Waals surface area contributed by atoms with E-state index in [2.05, 4.69) is 26.7 Å². The number of nitrogen functional groups attached to an aromatic ring is 1. The molecule has 4 N–H and O–H groups in total. The zero-order valence-corrected chi connectivity index (χ0v) is 12.9. The van der Waals surface area contributed by atoms with Gasteiger partial charge in [0.25, 0.3) is 5.91 Å². The third-order valence-electron chi connectivity index (χ3n) is 2.99. The predicted octanol–water partition coefficient (Wildman–Crippen LogP) is 3.60. The number of nitrogens with two attached hydrogens (primary N) is 1. The fourth-order valence-electron chi connectivity index (χ4n) is 1.90. The van der Waals surface area contributed by atoms with Crippen LogP contribution < -0.4 is 16.6 Å².